The topological polar surface area (TPSA) is 19.4 Å². The molecule has 1 aromatic carbocycles. The number of para-hydroxylation sites is 1. The largest absolute Gasteiger partial charge is 0.368 e. The number of alkyl halides is 1. The minimum Gasteiger partial charge on any atom is -0.368 e. The molecule has 0 radical (unpaired) electrons. The summed E-state index contributed by atoms with van der Waals surface area (Å²) in [5, 5.41) is 1.23. The van der Waals surface area contributed by atoms with Crippen molar-refractivity contribution in [3.63, 3.8) is 0 Å². The molecule has 2 heterocycles. The second-order valence-corrected chi connectivity index (χ2v) is 5.47. The second-order valence-electron chi connectivity index (χ2n) is 5.20. The molecule has 1 fully saturated rings. The number of nitrogens with zero attached hydrogens (tertiary/aromatic N) is 3. The SMILES string of the molecule is CCN1CCN(c2cc(CCl)nc3ccccc23)CC1. The smallest absolute Gasteiger partial charge is 0.0726 e. The summed E-state index contributed by atoms with van der Waals surface area (Å²) in [5.41, 5.74) is 3.28. The summed E-state index contributed by atoms with van der Waals surface area (Å²) in [4.78, 5) is 9.56. The summed E-state index contributed by atoms with van der Waals surface area (Å²) < 4.78 is 0. The Balaban J connectivity index is 1.98. The van der Waals surface area contributed by atoms with Crippen LogP contribution in [0.25, 0.3) is 10.9 Å². The normalized spacial score (nSPS) is 16.8. The number of hydrogen-bond acceptors (Lipinski definition) is 3. The second kappa shape index (κ2) is 5.98. The summed E-state index contributed by atoms with van der Waals surface area (Å²) in [6, 6.07) is 10.5. The molecule has 0 aliphatic carbocycles. The van der Waals surface area contributed by atoms with Gasteiger partial charge in [0.1, 0.15) is 0 Å². The standard InChI is InChI=1S/C16H20ClN3/c1-2-19-7-9-20(10-8-19)16-11-13(12-17)18-15-6-4-3-5-14(15)16/h3-6,11H,2,7-10,12H2,1H3. The number of hydrogen-bond donors (Lipinski definition) is 0. The molecule has 1 aliphatic rings. The first-order valence-corrected chi connectivity index (χ1v) is 7.77. The van der Waals surface area contributed by atoms with Crippen LogP contribution in [0.15, 0.2) is 30.3 Å². The van der Waals surface area contributed by atoms with Crippen molar-refractivity contribution in [1.82, 2.24) is 9.88 Å². The molecule has 0 bridgehead atoms. The third kappa shape index (κ3) is 2.60. The minimum atomic E-state index is 0.465. The average molecular weight is 290 g/mol. The van der Waals surface area contributed by atoms with E-state index in [-0.39, 0.29) is 0 Å². The molecule has 20 heavy (non-hydrogen) atoms. The summed E-state index contributed by atoms with van der Waals surface area (Å²) >= 11 is 5.99. The van der Waals surface area contributed by atoms with E-state index in [9.17, 15) is 0 Å². The van der Waals surface area contributed by atoms with Crippen molar-refractivity contribution in [3.8, 4) is 0 Å². The maximum atomic E-state index is 5.99. The van der Waals surface area contributed by atoms with Crippen LogP contribution >= 0.6 is 11.6 Å². The number of piperazine rings is 1. The van der Waals surface area contributed by atoms with Crippen LogP contribution in [0.5, 0.6) is 0 Å². The van der Waals surface area contributed by atoms with Crippen LogP contribution in [0.1, 0.15) is 12.6 Å². The molecule has 0 spiro atoms. The molecular weight excluding hydrogens is 270 g/mol. The Morgan fingerprint density at radius 3 is 2.60 bits per heavy atom. The molecule has 0 saturated carbocycles. The number of anilines is 1. The summed E-state index contributed by atoms with van der Waals surface area (Å²) in [5.74, 6) is 0.465. The zero-order valence-electron chi connectivity index (χ0n) is 11.8. The van der Waals surface area contributed by atoms with Crippen LogP contribution in [0, 0.1) is 0 Å². The van der Waals surface area contributed by atoms with Gasteiger partial charge in [-0.2, -0.15) is 0 Å². The number of likely N-dealkylation sites (N-methyl/N-ethyl adjacent to an activating group) is 1. The molecule has 4 heteroatoms. The molecule has 1 saturated heterocycles. The summed E-state index contributed by atoms with van der Waals surface area (Å²) in [6.07, 6.45) is 0. The quantitative estimate of drug-likeness (QED) is 0.810. The Morgan fingerprint density at radius 1 is 1.15 bits per heavy atom. The third-order valence-electron chi connectivity index (χ3n) is 4.04. The lowest BCUT2D eigenvalue weighted by Gasteiger charge is -2.36. The fourth-order valence-corrected chi connectivity index (χ4v) is 2.98. The van der Waals surface area contributed by atoms with Gasteiger partial charge in [-0.15, -0.1) is 11.6 Å². The van der Waals surface area contributed by atoms with Crippen molar-refractivity contribution in [1.29, 1.82) is 0 Å². The molecule has 106 valence electrons. The molecule has 0 atom stereocenters. The highest BCUT2D eigenvalue weighted by atomic mass is 35.5. The van der Waals surface area contributed by atoms with E-state index >= 15 is 0 Å². The Kier molecular flexibility index (Phi) is 4.08. The first kappa shape index (κ1) is 13.7. The van der Waals surface area contributed by atoms with E-state index in [2.05, 4.69) is 46.0 Å². The van der Waals surface area contributed by atoms with Gasteiger partial charge in [-0.25, -0.2) is 0 Å². The summed E-state index contributed by atoms with van der Waals surface area (Å²) in [7, 11) is 0. The van der Waals surface area contributed by atoms with Crippen molar-refractivity contribution in [3.05, 3.63) is 36.0 Å². The van der Waals surface area contributed by atoms with E-state index in [1.54, 1.807) is 0 Å². The van der Waals surface area contributed by atoms with E-state index in [1.165, 1.54) is 11.1 Å². The van der Waals surface area contributed by atoms with E-state index in [4.69, 9.17) is 11.6 Å². The molecule has 3 rings (SSSR count). The Morgan fingerprint density at radius 2 is 1.90 bits per heavy atom. The van der Waals surface area contributed by atoms with Gasteiger partial charge in [-0.3, -0.25) is 4.98 Å². The maximum Gasteiger partial charge on any atom is 0.0726 e. The number of fused-ring (bicyclic) bond motifs is 1. The number of aromatic nitrogens is 1. The molecule has 0 N–H and O–H groups in total. The van der Waals surface area contributed by atoms with Crippen molar-refractivity contribution in [2.75, 3.05) is 37.6 Å². The van der Waals surface area contributed by atoms with Crippen LogP contribution in [-0.4, -0.2) is 42.6 Å². The molecule has 0 unspecified atom stereocenters. The fraction of sp³-hybridized carbons (Fsp3) is 0.438. The zero-order chi connectivity index (χ0) is 13.9. The van der Waals surface area contributed by atoms with E-state index in [1.807, 2.05) is 6.07 Å². The van der Waals surface area contributed by atoms with E-state index in [0.29, 0.717) is 5.88 Å². The molecule has 2 aromatic rings. The predicted molar refractivity (Wildman–Crippen MR) is 85.6 cm³/mol. The maximum absolute atomic E-state index is 5.99. The van der Waals surface area contributed by atoms with Gasteiger partial charge in [0.25, 0.3) is 0 Å². The highest BCUT2D eigenvalue weighted by molar-refractivity contribution is 6.17. The lowest BCUT2D eigenvalue weighted by atomic mass is 10.1. The average Bonchev–Trinajstić information content (AvgIpc) is 2.54. The summed E-state index contributed by atoms with van der Waals surface area (Å²) in [6.45, 7) is 7.76. The molecular formula is C16H20ClN3. The van der Waals surface area contributed by atoms with E-state index in [0.717, 1.165) is 43.9 Å². The van der Waals surface area contributed by atoms with Gasteiger partial charge in [-0.1, -0.05) is 25.1 Å². The van der Waals surface area contributed by atoms with Gasteiger partial charge < -0.3 is 9.80 Å². The van der Waals surface area contributed by atoms with Gasteiger partial charge in [0.2, 0.25) is 0 Å². The van der Waals surface area contributed by atoms with Crippen molar-refractivity contribution < 1.29 is 0 Å². The Labute approximate surface area is 125 Å². The van der Waals surface area contributed by atoms with E-state index < -0.39 is 0 Å². The number of benzene rings is 1. The van der Waals surface area contributed by atoms with Crippen molar-refractivity contribution in [2.24, 2.45) is 0 Å². The van der Waals surface area contributed by atoms with Gasteiger partial charge >= 0.3 is 0 Å². The van der Waals surface area contributed by atoms with Gasteiger partial charge in [0.15, 0.2) is 0 Å². The number of halogens is 1. The third-order valence-corrected chi connectivity index (χ3v) is 4.32. The Bertz CT molecular complexity index is 591. The lowest BCUT2D eigenvalue weighted by Crippen LogP contribution is -2.46. The number of rotatable bonds is 3. The minimum absolute atomic E-state index is 0.465. The highest BCUT2D eigenvalue weighted by Crippen LogP contribution is 2.28. The van der Waals surface area contributed by atoms with Crippen molar-refractivity contribution in [2.45, 2.75) is 12.8 Å². The monoisotopic (exact) mass is 289 g/mol. The molecule has 0 amide bonds. The molecule has 1 aromatic heterocycles. The lowest BCUT2D eigenvalue weighted by molar-refractivity contribution is 0.271. The molecule has 3 nitrogen and oxygen atoms in total. The van der Waals surface area contributed by atoms with Crippen molar-refractivity contribution >= 4 is 28.2 Å². The zero-order valence-corrected chi connectivity index (χ0v) is 12.6. The van der Waals surface area contributed by atoms with Crippen LogP contribution in [0.3, 0.4) is 0 Å². The fourth-order valence-electron chi connectivity index (χ4n) is 2.85. The van der Waals surface area contributed by atoms with Crippen LogP contribution < -0.4 is 4.90 Å². The Hall–Kier alpha value is -1.32. The van der Waals surface area contributed by atoms with Crippen LogP contribution in [0.2, 0.25) is 0 Å². The highest BCUT2D eigenvalue weighted by Gasteiger charge is 2.18. The van der Waals surface area contributed by atoms with Crippen LogP contribution in [-0.2, 0) is 5.88 Å². The van der Waals surface area contributed by atoms with Gasteiger partial charge in [0, 0.05) is 37.3 Å². The number of pyridine rings is 1. The van der Waals surface area contributed by atoms with Gasteiger partial charge in [-0.05, 0) is 18.7 Å². The first-order valence-electron chi connectivity index (χ1n) is 7.23. The predicted octanol–water partition coefficient (Wildman–Crippen LogP) is 3.12. The van der Waals surface area contributed by atoms with Crippen LogP contribution in [0.4, 0.5) is 5.69 Å². The first-order chi connectivity index (χ1) is 9.81. The van der Waals surface area contributed by atoms with Gasteiger partial charge in [0.05, 0.1) is 17.1 Å². The molecule has 1 aliphatic heterocycles.